The van der Waals surface area contributed by atoms with Gasteiger partial charge in [0, 0.05) is 43.9 Å². The molecule has 3 aliphatic heterocycles. The van der Waals surface area contributed by atoms with Crippen LogP contribution in [0.2, 0.25) is 0 Å². The van der Waals surface area contributed by atoms with Crippen LogP contribution < -0.4 is 14.4 Å². The summed E-state index contributed by atoms with van der Waals surface area (Å²) in [6.45, 7) is 3.76. The number of aromatic nitrogens is 3. The average molecular weight is 657 g/mol. The number of sulfonamides is 1. The van der Waals surface area contributed by atoms with Crippen molar-refractivity contribution in [2.45, 2.75) is 56.8 Å². The first-order valence-corrected chi connectivity index (χ1v) is 17.4. The number of hydrogen-bond donors (Lipinski definition) is 2. The zero-order chi connectivity index (χ0) is 32.4. The molecule has 3 fully saturated rings. The topological polar surface area (TPSA) is 121 Å². The molecule has 2 aromatic heterocycles. The first-order valence-electron chi connectivity index (χ1n) is 15.5. The number of alkyl halides is 1. The number of hydrogen-bond acceptors (Lipinski definition) is 9. The Bertz CT molecular complexity index is 1960. The van der Waals surface area contributed by atoms with Gasteiger partial charge in [-0.2, -0.15) is 9.97 Å². The Hall–Kier alpha value is -3.75. The summed E-state index contributed by atoms with van der Waals surface area (Å²) in [5.74, 6) is -1.06. The number of phenolic OH excluding ortho intramolecular Hbond substituents is 1. The Morgan fingerprint density at radius 1 is 1.17 bits per heavy atom. The van der Waals surface area contributed by atoms with E-state index in [0.717, 1.165) is 25.6 Å². The molecule has 244 valence electrons. The molecule has 5 heterocycles. The zero-order valence-corrected chi connectivity index (χ0v) is 26.4. The number of ether oxygens (including phenoxy) is 1. The van der Waals surface area contributed by atoms with Crippen LogP contribution in [0.3, 0.4) is 0 Å². The summed E-state index contributed by atoms with van der Waals surface area (Å²) in [6.07, 6.45) is 4.43. The van der Waals surface area contributed by atoms with Crippen LogP contribution in [0.15, 0.2) is 30.5 Å². The summed E-state index contributed by atoms with van der Waals surface area (Å²) < 4.78 is 78.7. The summed E-state index contributed by atoms with van der Waals surface area (Å²) in [5, 5.41) is 11.8. The molecule has 2 aromatic carbocycles. The van der Waals surface area contributed by atoms with Gasteiger partial charge in [0.15, 0.2) is 5.82 Å². The van der Waals surface area contributed by atoms with Crippen LogP contribution in [-0.2, 0) is 16.4 Å². The number of fused-ring (bicyclic) bond motifs is 3. The first kappa shape index (κ1) is 30.9. The number of anilines is 1. The fourth-order valence-electron chi connectivity index (χ4n) is 7.55. The molecular formula is C32H35F3N6O4S. The maximum atomic E-state index is 16.8. The summed E-state index contributed by atoms with van der Waals surface area (Å²) in [4.78, 5) is 17.5. The lowest BCUT2D eigenvalue weighted by Gasteiger charge is -2.31. The summed E-state index contributed by atoms with van der Waals surface area (Å²) in [7, 11) is -3.46. The molecule has 0 amide bonds. The number of rotatable bonds is 8. The van der Waals surface area contributed by atoms with Gasteiger partial charge in [0.05, 0.1) is 17.2 Å². The third-order valence-electron chi connectivity index (χ3n) is 9.50. The standard InChI is InChI=1S/C32H35F3N6O4S/c1-3-22-25(34)6-5-18-11-21(42)12-23(26(18)22)28-27(35)29-24(14-36-28)30(40-10-7-20(16-40)39-46(2,43)44)38-31(37-29)45-17-32-8-4-9-41(32)15-19(33)13-32/h5-6,11-12,14,19-20,39,42H,3-4,7-10,13,15-17H2,1-2H3/t19-,20?,32+/m1/s1. The zero-order valence-electron chi connectivity index (χ0n) is 25.6. The van der Waals surface area contributed by atoms with E-state index in [2.05, 4.69) is 24.6 Å². The van der Waals surface area contributed by atoms with Crippen LogP contribution in [0.5, 0.6) is 11.8 Å². The number of phenols is 1. The van der Waals surface area contributed by atoms with Gasteiger partial charge >= 0.3 is 6.01 Å². The highest BCUT2D eigenvalue weighted by Gasteiger charge is 2.49. The monoisotopic (exact) mass is 656 g/mol. The lowest BCUT2D eigenvalue weighted by molar-refractivity contribution is 0.107. The van der Waals surface area contributed by atoms with Crippen LogP contribution in [0, 0.1) is 11.6 Å². The molecule has 4 aromatic rings. The fraction of sp³-hybridized carbons (Fsp3) is 0.469. The first-order chi connectivity index (χ1) is 21.9. The van der Waals surface area contributed by atoms with Crippen molar-refractivity contribution in [1.82, 2.24) is 24.6 Å². The van der Waals surface area contributed by atoms with Crippen molar-refractivity contribution in [3.63, 3.8) is 0 Å². The van der Waals surface area contributed by atoms with Gasteiger partial charge in [0.2, 0.25) is 10.0 Å². The molecule has 46 heavy (non-hydrogen) atoms. The highest BCUT2D eigenvalue weighted by Crippen LogP contribution is 2.42. The quantitative estimate of drug-likeness (QED) is 0.283. The molecular weight excluding hydrogens is 621 g/mol. The van der Waals surface area contributed by atoms with Crippen molar-refractivity contribution >= 4 is 37.5 Å². The van der Waals surface area contributed by atoms with Gasteiger partial charge in [-0.1, -0.05) is 13.0 Å². The SMILES string of the molecule is CCc1c(F)ccc2cc(O)cc(-c3ncc4c(N5CCC(NS(C)(=O)=O)C5)nc(OC[C@@]56CCCN5C[C@H](F)C6)nc4c3F)c12. The Morgan fingerprint density at radius 3 is 2.78 bits per heavy atom. The Morgan fingerprint density at radius 2 is 2.00 bits per heavy atom. The molecule has 0 aliphatic carbocycles. The third kappa shape index (κ3) is 5.49. The fourth-order valence-corrected chi connectivity index (χ4v) is 8.34. The van der Waals surface area contributed by atoms with Crippen LogP contribution in [-0.4, -0.2) is 90.2 Å². The van der Waals surface area contributed by atoms with E-state index in [-0.39, 0.29) is 53.1 Å². The minimum absolute atomic E-state index is 0.0916. The Labute approximate surface area is 264 Å². The summed E-state index contributed by atoms with van der Waals surface area (Å²) in [5.41, 5.74) is -0.123. The number of benzene rings is 2. The lowest BCUT2D eigenvalue weighted by Crippen LogP contribution is -2.43. The smallest absolute Gasteiger partial charge is 0.319 e. The average Bonchev–Trinajstić information content (AvgIpc) is 3.69. The number of aryl methyl sites for hydroxylation is 1. The van der Waals surface area contributed by atoms with Crippen molar-refractivity contribution in [2.24, 2.45) is 0 Å². The molecule has 0 radical (unpaired) electrons. The molecule has 3 aliphatic rings. The number of nitrogens with zero attached hydrogens (tertiary/aromatic N) is 5. The van der Waals surface area contributed by atoms with E-state index in [1.54, 1.807) is 6.92 Å². The predicted molar refractivity (Wildman–Crippen MR) is 168 cm³/mol. The van der Waals surface area contributed by atoms with Gasteiger partial charge in [-0.3, -0.25) is 9.88 Å². The number of pyridine rings is 1. The molecule has 0 saturated carbocycles. The normalized spacial score (nSPS) is 23.5. The van der Waals surface area contributed by atoms with Gasteiger partial charge in [0.25, 0.3) is 0 Å². The lowest BCUT2D eigenvalue weighted by atomic mass is 9.94. The molecule has 0 spiro atoms. The second-order valence-electron chi connectivity index (χ2n) is 12.7. The molecule has 0 bridgehead atoms. The Kier molecular flexibility index (Phi) is 7.72. The van der Waals surface area contributed by atoms with Crippen LogP contribution in [0.25, 0.3) is 32.9 Å². The van der Waals surface area contributed by atoms with Crippen molar-refractivity contribution in [3.05, 3.63) is 47.7 Å². The van der Waals surface area contributed by atoms with Gasteiger partial charge < -0.3 is 14.7 Å². The number of aromatic hydroxyl groups is 1. The van der Waals surface area contributed by atoms with Gasteiger partial charge in [-0.05, 0) is 66.8 Å². The highest BCUT2D eigenvalue weighted by molar-refractivity contribution is 7.88. The van der Waals surface area contributed by atoms with E-state index in [0.29, 0.717) is 54.5 Å². The van der Waals surface area contributed by atoms with Gasteiger partial charge in [0.1, 0.15) is 41.4 Å². The molecule has 10 nitrogen and oxygen atoms in total. The van der Waals surface area contributed by atoms with Crippen molar-refractivity contribution in [3.8, 4) is 23.0 Å². The minimum atomic E-state index is -3.46. The minimum Gasteiger partial charge on any atom is -0.508 e. The molecule has 14 heteroatoms. The molecule has 1 unspecified atom stereocenters. The second kappa shape index (κ2) is 11.5. The van der Waals surface area contributed by atoms with Crippen molar-refractivity contribution < 1.29 is 31.4 Å². The van der Waals surface area contributed by atoms with Crippen molar-refractivity contribution in [1.29, 1.82) is 0 Å². The number of halogens is 3. The van der Waals surface area contributed by atoms with E-state index in [1.165, 1.54) is 30.5 Å². The maximum absolute atomic E-state index is 16.8. The van der Waals surface area contributed by atoms with Crippen LogP contribution in [0.4, 0.5) is 19.0 Å². The van der Waals surface area contributed by atoms with Crippen molar-refractivity contribution in [2.75, 3.05) is 43.9 Å². The second-order valence-corrected chi connectivity index (χ2v) is 14.4. The van der Waals surface area contributed by atoms with E-state index in [1.807, 2.05) is 4.90 Å². The third-order valence-corrected chi connectivity index (χ3v) is 10.3. The van der Waals surface area contributed by atoms with Gasteiger partial charge in [-0.15, -0.1) is 0 Å². The van der Waals surface area contributed by atoms with Gasteiger partial charge in [-0.25, -0.2) is 26.3 Å². The maximum Gasteiger partial charge on any atom is 0.319 e. The predicted octanol–water partition coefficient (Wildman–Crippen LogP) is 4.47. The summed E-state index contributed by atoms with van der Waals surface area (Å²) in [6, 6.07) is 5.23. The highest BCUT2D eigenvalue weighted by atomic mass is 32.2. The molecule has 7 rings (SSSR count). The van der Waals surface area contributed by atoms with Crippen LogP contribution in [0.1, 0.15) is 38.2 Å². The number of nitrogens with one attached hydrogen (secondary N) is 1. The van der Waals surface area contributed by atoms with E-state index in [4.69, 9.17) is 4.74 Å². The molecule has 3 saturated heterocycles. The van der Waals surface area contributed by atoms with Crippen LogP contribution >= 0.6 is 0 Å². The Balaban J connectivity index is 1.35. The largest absolute Gasteiger partial charge is 0.508 e. The molecule has 2 N–H and O–H groups in total. The van der Waals surface area contributed by atoms with E-state index >= 15 is 4.39 Å². The molecule has 3 atom stereocenters. The summed E-state index contributed by atoms with van der Waals surface area (Å²) >= 11 is 0. The van der Waals surface area contributed by atoms with E-state index in [9.17, 15) is 22.3 Å². The van der Waals surface area contributed by atoms with E-state index < -0.39 is 33.4 Å².